The number of nitro benzene ring substituents is 1. The molecule has 2 aliphatic carbocycles. The Hall–Kier alpha value is -2.11. The van der Waals surface area contributed by atoms with Gasteiger partial charge in [0.2, 0.25) is 5.91 Å². The van der Waals surface area contributed by atoms with Crippen molar-refractivity contribution in [1.82, 2.24) is 0 Å². The third-order valence-electron chi connectivity index (χ3n) is 4.35. The van der Waals surface area contributed by atoms with Gasteiger partial charge >= 0.3 is 0 Å². The number of benzene rings is 1. The lowest BCUT2D eigenvalue weighted by Gasteiger charge is -2.13. The summed E-state index contributed by atoms with van der Waals surface area (Å²) in [6, 6.07) is 4.53. The summed E-state index contributed by atoms with van der Waals surface area (Å²) in [5.74, 6) is 1.74. The van der Waals surface area contributed by atoms with Gasteiger partial charge in [0.1, 0.15) is 11.4 Å². The van der Waals surface area contributed by atoms with Crippen LogP contribution in [0.5, 0.6) is 5.75 Å². The van der Waals surface area contributed by atoms with Gasteiger partial charge in [-0.15, -0.1) is 0 Å². The number of nitro groups is 1. The smallest absolute Gasteiger partial charge is 0.296 e. The van der Waals surface area contributed by atoms with Crippen molar-refractivity contribution in [1.29, 1.82) is 0 Å². The van der Waals surface area contributed by atoms with Crippen LogP contribution in [0, 0.1) is 27.9 Å². The first-order chi connectivity index (χ1) is 10.1. The minimum atomic E-state index is -0.496. The van der Waals surface area contributed by atoms with Crippen LogP contribution < -0.4 is 10.1 Å². The molecule has 0 radical (unpaired) electrons. The molecule has 2 unspecified atom stereocenters. The number of amides is 1. The number of hydrogen-bond donors (Lipinski definition) is 1. The zero-order valence-electron chi connectivity index (χ0n) is 11.9. The van der Waals surface area contributed by atoms with Gasteiger partial charge in [-0.25, -0.2) is 0 Å². The first kappa shape index (κ1) is 13.9. The normalized spacial score (nSPS) is 26.0. The molecule has 112 valence electrons. The van der Waals surface area contributed by atoms with E-state index in [1.165, 1.54) is 18.6 Å². The van der Waals surface area contributed by atoms with E-state index < -0.39 is 4.92 Å². The number of anilines is 1. The molecule has 0 spiro atoms. The molecule has 0 heterocycles. The predicted molar refractivity (Wildman–Crippen MR) is 77.2 cm³/mol. The van der Waals surface area contributed by atoms with E-state index >= 15 is 0 Å². The largest absolute Gasteiger partial charge is 0.494 e. The number of hydrogen-bond acceptors (Lipinski definition) is 4. The molecule has 1 aromatic carbocycles. The Balaban J connectivity index is 1.74. The van der Waals surface area contributed by atoms with Crippen LogP contribution >= 0.6 is 0 Å². The average Bonchev–Trinajstić information content (AvgIpc) is 3.06. The summed E-state index contributed by atoms with van der Waals surface area (Å²) in [4.78, 5) is 22.8. The van der Waals surface area contributed by atoms with Crippen LogP contribution in [0.2, 0.25) is 0 Å². The highest BCUT2D eigenvalue weighted by Gasteiger charge is 2.48. The van der Waals surface area contributed by atoms with Crippen molar-refractivity contribution in [2.24, 2.45) is 17.8 Å². The fourth-order valence-electron chi connectivity index (χ4n) is 3.19. The second-order valence-electron chi connectivity index (χ2n) is 5.78. The lowest BCUT2D eigenvalue weighted by atomic mass is 10.0. The lowest BCUT2D eigenvalue weighted by molar-refractivity contribution is -0.384. The summed E-state index contributed by atoms with van der Waals surface area (Å²) in [6.07, 6.45) is 3.08. The quantitative estimate of drug-likeness (QED) is 0.667. The van der Waals surface area contributed by atoms with E-state index in [-0.39, 0.29) is 23.2 Å². The second-order valence-corrected chi connectivity index (χ2v) is 5.78. The van der Waals surface area contributed by atoms with Gasteiger partial charge in [0.25, 0.3) is 5.69 Å². The zero-order valence-corrected chi connectivity index (χ0v) is 11.9. The molecule has 0 saturated heterocycles. The van der Waals surface area contributed by atoms with Gasteiger partial charge in [0, 0.05) is 5.92 Å². The van der Waals surface area contributed by atoms with Crippen LogP contribution in [0.25, 0.3) is 0 Å². The number of fused-ring (bicyclic) bond motifs is 1. The number of nitrogens with one attached hydrogen (secondary N) is 1. The summed E-state index contributed by atoms with van der Waals surface area (Å²) < 4.78 is 5.26. The van der Waals surface area contributed by atoms with Crippen molar-refractivity contribution in [3.05, 3.63) is 28.3 Å². The second kappa shape index (κ2) is 5.35. The first-order valence-corrected chi connectivity index (χ1v) is 7.30. The van der Waals surface area contributed by atoms with E-state index in [4.69, 9.17) is 4.74 Å². The van der Waals surface area contributed by atoms with Gasteiger partial charge < -0.3 is 10.1 Å². The molecule has 2 aliphatic rings. The monoisotopic (exact) mass is 290 g/mol. The van der Waals surface area contributed by atoms with E-state index in [1.807, 2.05) is 6.92 Å². The van der Waals surface area contributed by atoms with Crippen molar-refractivity contribution in [3.63, 3.8) is 0 Å². The maximum atomic E-state index is 12.2. The first-order valence-electron chi connectivity index (χ1n) is 7.30. The van der Waals surface area contributed by atoms with Crippen LogP contribution in [0.3, 0.4) is 0 Å². The topological polar surface area (TPSA) is 81.5 Å². The van der Waals surface area contributed by atoms with Crippen molar-refractivity contribution in [2.45, 2.75) is 26.2 Å². The third-order valence-corrected chi connectivity index (χ3v) is 4.35. The molecule has 1 amide bonds. The molecule has 1 N–H and O–H groups in total. The summed E-state index contributed by atoms with van der Waals surface area (Å²) in [5.41, 5.74) is 0.117. The van der Waals surface area contributed by atoms with E-state index in [0.717, 1.165) is 12.8 Å². The summed E-state index contributed by atoms with van der Waals surface area (Å²) in [7, 11) is 0. The Bertz CT molecular complexity index is 577. The van der Waals surface area contributed by atoms with Crippen molar-refractivity contribution in [2.75, 3.05) is 11.9 Å². The highest BCUT2D eigenvalue weighted by Crippen LogP contribution is 2.54. The van der Waals surface area contributed by atoms with E-state index in [0.29, 0.717) is 24.2 Å². The van der Waals surface area contributed by atoms with Crippen LogP contribution in [0.1, 0.15) is 26.2 Å². The number of carbonyl (C=O) groups is 1. The molecular weight excluding hydrogens is 272 g/mol. The number of nitrogens with zero attached hydrogens (tertiary/aromatic N) is 1. The highest BCUT2D eigenvalue weighted by atomic mass is 16.6. The minimum absolute atomic E-state index is 0.0000718. The molecule has 2 atom stereocenters. The number of ether oxygens (including phenoxy) is 1. The van der Waals surface area contributed by atoms with E-state index in [9.17, 15) is 14.9 Å². The summed E-state index contributed by atoms with van der Waals surface area (Å²) >= 11 is 0. The van der Waals surface area contributed by atoms with Gasteiger partial charge in [-0.05, 0) is 50.2 Å². The highest BCUT2D eigenvalue weighted by molar-refractivity contribution is 5.95. The van der Waals surface area contributed by atoms with Crippen molar-refractivity contribution in [3.8, 4) is 5.75 Å². The third kappa shape index (κ3) is 2.84. The van der Waals surface area contributed by atoms with Crippen LogP contribution in [0.4, 0.5) is 11.4 Å². The van der Waals surface area contributed by atoms with Gasteiger partial charge in [0.15, 0.2) is 0 Å². The molecule has 0 aliphatic heterocycles. The Kier molecular flexibility index (Phi) is 3.53. The van der Waals surface area contributed by atoms with E-state index in [1.54, 1.807) is 6.07 Å². The molecule has 0 aromatic heterocycles. The van der Waals surface area contributed by atoms with Gasteiger partial charge in [0.05, 0.1) is 17.6 Å². The Labute approximate surface area is 122 Å². The van der Waals surface area contributed by atoms with Gasteiger partial charge in [-0.3, -0.25) is 14.9 Å². The van der Waals surface area contributed by atoms with Gasteiger partial charge in [-0.2, -0.15) is 0 Å². The maximum absolute atomic E-state index is 12.2. The molecule has 1 aromatic rings. The molecule has 6 nitrogen and oxygen atoms in total. The minimum Gasteiger partial charge on any atom is -0.494 e. The van der Waals surface area contributed by atoms with Crippen molar-refractivity contribution >= 4 is 17.3 Å². The molecule has 21 heavy (non-hydrogen) atoms. The average molecular weight is 290 g/mol. The lowest BCUT2D eigenvalue weighted by Crippen LogP contribution is -2.22. The molecular formula is C15H18N2O4. The summed E-state index contributed by atoms with van der Waals surface area (Å²) in [6.45, 7) is 2.25. The van der Waals surface area contributed by atoms with Gasteiger partial charge in [-0.1, -0.05) is 0 Å². The number of rotatable bonds is 5. The SMILES string of the molecule is CCOc1ccc(NC(=O)C2CC3CC3C2)c([N+](=O)[O-])c1. The molecule has 6 heteroatoms. The van der Waals surface area contributed by atoms with Crippen LogP contribution in [0.15, 0.2) is 18.2 Å². The summed E-state index contributed by atoms with van der Waals surface area (Å²) in [5, 5.41) is 13.8. The van der Waals surface area contributed by atoms with Crippen LogP contribution in [-0.2, 0) is 4.79 Å². The maximum Gasteiger partial charge on any atom is 0.296 e. The fraction of sp³-hybridized carbons (Fsp3) is 0.533. The zero-order chi connectivity index (χ0) is 15.0. The molecule has 3 rings (SSSR count). The Morgan fingerprint density at radius 1 is 1.38 bits per heavy atom. The molecule has 0 bridgehead atoms. The Morgan fingerprint density at radius 3 is 2.71 bits per heavy atom. The Morgan fingerprint density at radius 2 is 2.10 bits per heavy atom. The predicted octanol–water partition coefficient (Wildman–Crippen LogP) is 2.98. The van der Waals surface area contributed by atoms with Crippen molar-refractivity contribution < 1.29 is 14.5 Å². The fourth-order valence-corrected chi connectivity index (χ4v) is 3.19. The standard InChI is InChI=1S/C15H18N2O4/c1-2-21-12-3-4-13(14(8-12)17(19)20)16-15(18)11-6-9-5-10(9)7-11/h3-4,8-11H,2,5-7H2,1H3,(H,16,18). The molecule has 2 fully saturated rings. The number of carbonyl (C=O) groups excluding carboxylic acids is 1. The van der Waals surface area contributed by atoms with Crippen LogP contribution in [-0.4, -0.2) is 17.4 Å². The van der Waals surface area contributed by atoms with E-state index in [2.05, 4.69) is 5.32 Å². The molecule has 2 saturated carbocycles.